The molecule has 0 bridgehead atoms. The molecule has 15 heavy (non-hydrogen) atoms. The first-order valence-electron chi connectivity index (χ1n) is 6.52. The molecule has 1 nitrogen and oxygen atoms in total. The summed E-state index contributed by atoms with van der Waals surface area (Å²) in [4.78, 5) is 12.0. The van der Waals surface area contributed by atoms with Gasteiger partial charge in [-0.1, -0.05) is 53.9 Å². The third-order valence-corrected chi connectivity index (χ3v) is 2.88. The van der Waals surface area contributed by atoms with E-state index >= 15 is 0 Å². The van der Waals surface area contributed by atoms with Crippen molar-refractivity contribution in [1.29, 1.82) is 0 Å². The zero-order chi connectivity index (χ0) is 11.8. The highest BCUT2D eigenvalue weighted by atomic mass is 16.1. The van der Waals surface area contributed by atoms with Gasteiger partial charge in [0.2, 0.25) is 0 Å². The minimum Gasteiger partial charge on any atom is -0.299 e. The maximum atomic E-state index is 12.0. The maximum Gasteiger partial charge on any atom is 0.138 e. The van der Waals surface area contributed by atoms with E-state index in [1.165, 1.54) is 19.3 Å². The van der Waals surface area contributed by atoms with E-state index in [1.807, 2.05) is 13.8 Å². The van der Waals surface area contributed by atoms with Crippen molar-refractivity contribution in [1.82, 2.24) is 0 Å². The lowest BCUT2D eigenvalue weighted by Gasteiger charge is -2.19. The second kappa shape index (κ2) is 7.90. The second-order valence-corrected chi connectivity index (χ2v) is 5.38. The molecule has 90 valence electrons. The van der Waals surface area contributed by atoms with Crippen LogP contribution in [-0.4, -0.2) is 5.78 Å². The Morgan fingerprint density at radius 1 is 1.07 bits per heavy atom. The summed E-state index contributed by atoms with van der Waals surface area (Å²) in [6.07, 6.45) is 5.89. The fourth-order valence-electron chi connectivity index (χ4n) is 2.06. The molecule has 0 aromatic rings. The van der Waals surface area contributed by atoms with Crippen molar-refractivity contribution in [3.05, 3.63) is 0 Å². The fraction of sp³-hybridized carbons (Fsp3) is 0.929. The maximum absolute atomic E-state index is 12.0. The zero-order valence-corrected chi connectivity index (χ0v) is 11.2. The van der Waals surface area contributed by atoms with Gasteiger partial charge in [-0.3, -0.25) is 4.79 Å². The first-order chi connectivity index (χ1) is 6.99. The summed E-state index contributed by atoms with van der Waals surface area (Å²) < 4.78 is 0. The smallest absolute Gasteiger partial charge is 0.138 e. The summed E-state index contributed by atoms with van der Waals surface area (Å²) in [7, 11) is 0. The van der Waals surface area contributed by atoms with Crippen LogP contribution in [-0.2, 0) is 4.79 Å². The van der Waals surface area contributed by atoms with Crippen molar-refractivity contribution in [2.45, 2.75) is 66.7 Å². The number of hydrogen-bond donors (Lipinski definition) is 0. The SMILES string of the molecule is CCCCCC(CC(C)C)C(=O)C(C)C. The summed E-state index contributed by atoms with van der Waals surface area (Å²) >= 11 is 0. The minimum atomic E-state index is 0.204. The molecule has 0 radical (unpaired) electrons. The Kier molecular flexibility index (Phi) is 7.72. The van der Waals surface area contributed by atoms with Gasteiger partial charge in [0, 0.05) is 11.8 Å². The molecule has 0 aliphatic heterocycles. The molecule has 0 aliphatic carbocycles. The van der Waals surface area contributed by atoms with Gasteiger partial charge in [0.1, 0.15) is 5.78 Å². The molecule has 0 aromatic heterocycles. The molecule has 0 N–H and O–H groups in total. The molecular weight excluding hydrogens is 184 g/mol. The second-order valence-electron chi connectivity index (χ2n) is 5.38. The molecule has 0 amide bonds. The van der Waals surface area contributed by atoms with Crippen molar-refractivity contribution < 1.29 is 4.79 Å². The van der Waals surface area contributed by atoms with Gasteiger partial charge in [0.25, 0.3) is 0 Å². The number of rotatable bonds is 8. The fourth-order valence-corrected chi connectivity index (χ4v) is 2.06. The third-order valence-electron chi connectivity index (χ3n) is 2.88. The van der Waals surface area contributed by atoms with E-state index < -0.39 is 0 Å². The normalized spacial score (nSPS) is 13.5. The highest BCUT2D eigenvalue weighted by molar-refractivity contribution is 5.82. The van der Waals surface area contributed by atoms with Gasteiger partial charge >= 0.3 is 0 Å². The van der Waals surface area contributed by atoms with E-state index in [-0.39, 0.29) is 5.92 Å². The molecule has 0 heterocycles. The number of carbonyl (C=O) groups is 1. The van der Waals surface area contributed by atoms with Crippen LogP contribution in [0.25, 0.3) is 0 Å². The Labute approximate surface area is 95.6 Å². The van der Waals surface area contributed by atoms with Gasteiger partial charge in [0.15, 0.2) is 0 Å². The monoisotopic (exact) mass is 212 g/mol. The van der Waals surface area contributed by atoms with Gasteiger partial charge in [-0.2, -0.15) is 0 Å². The number of ketones is 1. The van der Waals surface area contributed by atoms with Crippen LogP contribution in [0.2, 0.25) is 0 Å². The molecule has 1 atom stereocenters. The highest BCUT2D eigenvalue weighted by Gasteiger charge is 2.21. The Balaban J connectivity index is 4.11. The van der Waals surface area contributed by atoms with Crippen molar-refractivity contribution >= 4 is 5.78 Å². The molecule has 0 spiro atoms. The van der Waals surface area contributed by atoms with Crippen molar-refractivity contribution in [3.8, 4) is 0 Å². The van der Waals surface area contributed by atoms with Gasteiger partial charge in [0.05, 0.1) is 0 Å². The number of carbonyl (C=O) groups excluding carboxylic acids is 1. The van der Waals surface area contributed by atoms with Crippen molar-refractivity contribution in [2.24, 2.45) is 17.8 Å². The van der Waals surface area contributed by atoms with E-state index in [4.69, 9.17) is 0 Å². The van der Waals surface area contributed by atoms with Crippen LogP contribution in [0.4, 0.5) is 0 Å². The molecule has 0 aromatic carbocycles. The van der Waals surface area contributed by atoms with E-state index in [1.54, 1.807) is 0 Å². The van der Waals surface area contributed by atoms with Crippen LogP contribution in [0.3, 0.4) is 0 Å². The standard InChI is InChI=1S/C14H28O/c1-6-7-8-9-13(10-11(2)3)14(15)12(4)5/h11-13H,6-10H2,1-5H3. The van der Waals surface area contributed by atoms with E-state index in [9.17, 15) is 4.79 Å². The summed E-state index contributed by atoms with van der Waals surface area (Å²) in [5.74, 6) is 1.63. The molecule has 0 saturated carbocycles. The van der Waals surface area contributed by atoms with Crippen LogP contribution in [0, 0.1) is 17.8 Å². The Hall–Kier alpha value is -0.330. The Morgan fingerprint density at radius 3 is 2.07 bits per heavy atom. The molecular formula is C14H28O. The van der Waals surface area contributed by atoms with Crippen LogP contribution < -0.4 is 0 Å². The summed E-state index contributed by atoms with van der Waals surface area (Å²) in [6.45, 7) is 10.7. The predicted octanol–water partition coefficient (Wildman–Crippen LogP) is 4.45. The molecule has 0 saturated heterocycles. The molecule has 0 aliphatic rings. The van der Waals surface area contributed by atoms with Crippen LogP contribution in [0.15, 0.2) is 0 Å². The average molecular weight is 212 g/mol. The first-order valence-corrected chi connectivity index (χ1v) is 6.52. The molecule has 1 unspecified atom stereocenters. The highest BCUT2D eigenvalue weighted by Crippen LogP contribution is 2.22. The summed E-state index contributed by atoms with van der Waals surface area (Å²) in [5.41, 5.74) is 0. The zero-order valence-electron chi connectivity index (χ0n) is 11.2. The summed E-state index contributed by atoms with van der Waals surface area (Å²) in [5, 5.41) is 0. The topological polar surface area (TPSA) is 17.1 Å². The third kappa shape index (κ3) is 6.70. The van der Waals surface area contributed by atoms with Crippen LogP contribution in [0.5, 0.6) is 0 Å². The Bertz CT molecular complexity index is 170. The van der Waals surface area contributed by atoms with Crippen LogP contribution in [0.1, 0.15) is 66.7 Å². The lowest BCUT2D eigenvalue weighted by atomic mass is 9.84. The van der Waals surface area contributed by atoms with E-state index in [2.05, 4.69) is 20.8 Å². The van der Waals surface area contributed by atoms with Crippen molar-refractivity contribution in [2.75, 3.05) is 0 Å². The average Bonchev–Trinajstić information content (AvgIpc) is 2.14. The van der Waals surface area contributed by atoms with Gasteiger partial charge in [-0.05, 0) is 18.8 Å². The lowest BCUT2D eigenvalue weighted by Crippen LogP contribution is -2.21. The number of Topliss-reactive ketones (excluding diaryl/α,β-unsaturated/α-hetero) is 1. The number of unbranched alkanes of at least 4 members (excludes halogenated alkanes) is 2. The minimum absolute atomic E-state index is 0.204. The number of hydrogen-bond acceptors (Lipinski definition) is 1. The van der Waals surface area contributed by atoms with E-state index in [0.29, 0.717) is 17.6 Å². The Morgan fingerprint density at radius 2 is 1.67 bits per heavy atom. The van der Waals surface area contributed by atoms with E-state index in [0.717, 1.165) is 12.8 Å². The quantitative estimate of drug-likeness (QED) is 0.543. The largest absolute Gasteiger partial charge is 0.299 e. The van der Waals surface area contributed by atoms with Crippen molar-refractivity contribution in [3.63, 3.8) is 0 Å². The van der Waals surface area contributed by atoms with Crippen LogP contribution >= 0.6 is 0 Å². The lowest BCUT2D eigenvalue weighted by molar-refractivity contribution is -0.126. The van der Waals surface area contributed by atoms with Gasteiger partial charge in [-0.25, -0.2) is 0 Å². The predicted molar refractivity (Wildman–Crippen MR) is 66.9 cm³/mol. The van der Waals surface area contributed by atoms with Gasteiger partial charge in [-0.15, -0.1) is 0 Å². The molecule has 0 rings (SSSR count). The molecule has 1 heteroatoms. The van der Waals surface area contributed by atoms with Gasteiger partial charge < -0.3 is 0 Å². The first kappa shape index (κ1) is 14.7. The molecule has 0 fully saturated rings. The summed E-state index contributed by atoms with van der Waals surface area (Å²) in [6, 6.07) is 0.